The molecule has 0 radical (unpaired) electrons. The second-order valence-electron chi connectivity index (χ2n) is 7.06. The average molecular weight is 316 g/mol. The van der Waals surface area contributed by atoms with Gasteiger partial charge in [-0.3, -0.25) is 0 Å². The Morgan fingerprint density at radius 3 is 2.46 bits per heavy atom. The zero-order chi connectivity index (χ0) is 16.7. The number of rotatable bonds is 1. The highest BCUT2D eigenvalue weighted by Crippen LogP contribution is 2.40. The van der Waals surface area contributed by atoms with E-state index in [9.17, 15) is 0 Å². The summed E-state index contributed by atoms with van der Waals surface area (Å²) in [7, 11) is 2.19. The molecule has 0 aliphatic carbocycles. The lowest BCUT2D eigenvalue weighted by atomic mass is 9.90. The lowest BCUT2D eigenvalue weighted by Crippen LogP contribution is -2.24. The molecule has 1 N–H and O–H groups in total. The van der Waals surface area contributed by atoms with Crippen molar-refractivity contribution in [3.8, 4) is 0 Å². The summed E-state index contributed by atoms with van der Waals surface area (Å²) < 4.78 is 0. The van der Waals surface area contributed by atoms with Crippen LogP contribution in [-0.2, 0) is 0 Å². The van der Waals surface area contributed by atoms with Gasteiger partial charge in [0.1, 0.15) is 0 Å². The van der Waals surface area contributed by atoms with Crippen molar-refractivity contribution < 1.29 is 0 Å². The smallest absolute Gasteiger partial charge is 0.0464 e. The Labute approximate surface area is 144 Å². The monoisotopic (exact) mass is 316 g/mol. The number of hydrogen-bond donors (Lipinski definition) is 1. The minimum Gasteiger partial charge on any atom is -0.355 e. The molecule has 2 heterocycles. The van der Waals surface area contributed by atoms with E-state index in [1.54, 1.807) is 0 Å². The Bertz CT molecular complexity index is 858. The molecule has 122 valence electrons. The topological polar surface area (TPSA) is 15.3 Å². The van der Waals surface area contributed by atoms with Gasteiger partial charge in [-0.15, -0.1) is 0 Å². The number of nitrogens with zero attached hydrogens (tertiary/aromatic N) is 1. The van der Waals surface area contributed by atoms with Gasteiger partial charge >= 0.3 is 0 Å². The number of benzene rings is 2. The quantitative estimate of drug-likeness (QED) is 0.781. The van der Waals surface area contributed by atoms with Crippen LogP contribution in [0.1, 0.15) is 28.7 Å². The van der Waals surface area contributed by atoms with Gasteiger partial charge in [0.2, 0.25) is 0 Å². The maximum Gasteiger partial charge on any atom is 0.0464 e. The van der Waals surface area contributed by atoms with Crippen molar-refractivity contribution in [2.75, 3.05) is 25.5 Å². The number of anilines is 2. The van der Waals surface area contributed by atoms with E-state index in [-0.39, 0.29) is 0 Å². The number of hydrogen-bond acceptors (Lipinski definition) is 2. The van der Waals surface area contributed by atoms with E-state index in [0.29, 0.717) is 0 Å². The van der Waals surface area contributed by atoms with Gasteiger partial charge in [-0.05, 0) is 74.4 Å². The fourth-order valence-corrected chi connectivity index (χ4v) is 3.56. The van der Waals surface area contributed by atoms with Crippen molar-refractivity contribution in [2.45, 2.75) is 20.3 Å². The van der Waals surface area contributed by atoms with Gasteiger partial charge in [0.15, 0.2) is 0 Å². The van der Waals surface area contributed by atoms with Gasteiger partial charge in [-0.25, -0.2) is 0 Å². The lowest BCUT2D eigenvalue weighted by Gasteiger charge is -2.24. The Hall–Kier alpha value is -2.32. The van der Waals surface area contributed by atoms with Crippen molar-refractivity contribution in [1.82, 2.24) is 4.90 Å². The summed E-state index contributed by atoms with van der Waals surface area (Å²) in [4.78, 5) is 2.37. The van der Waals surface area contributed by atoms with Gasteiger partial charge in [-0.1, -0.05) is 29.3 Å². The maximum absolute atomic E-state index is 3.65. The molecule has 0 spiro atoms. The Morgan fingerprint density at radius 2 is 1.71 bits per heavy atom. The van der Waals surface area contributed by atoms with E-state index in [1.807, 2.05) is 0 Å². The lowest BCUT2D eigenvalue weighted by molar-refractivity contribution is 0.362. The molecule has 0 amide bonds. The van der Waals surface area contributed by atoms with E-state index in [2.05, 4.69) is 79.7 Å². The first kappa shape index (κ1) is 15.2. The zero-order valence-electron chi connectivity index (χ0n) is 14.7. The van der Waals surface area contributed by atoms with E-state index in [1.165, 1.54) is 44.8 Å². The molecule has 0 saturated carbocycles. The highest BCUT2D eigenvalue weighted by Gasteiger charge is 2.20. The molecule has 2 aliphatic rings. The summed E-state index contributed by atoms with van der Waals surface area (Å²) in [5, 5.41) is 3.65. The largest absolute Gasteiger partial charge is 0.355 e. The molecule has 24 heavy (non-hydrogen) atoms. The summed E-state index contributed by atoms with van der Waals surface area (Å²) in [6.07, 6.45) is 5.87. The molecule has 2 aromatic carbocycles. The molecule has 2 nitrogen and oxygen atoms in total. The van der Waals surface area contributed by atoms with Crippen molar-refractivity contribution in [2.24, 2.45) is 0 Å². The second kappa shape index (κ2) is 5.95. The third-order valence-corrected chi connectivity index (χ3v) is 5.00. The first-order valence-corrected chi connectivity index (χ1v) is 8.68. The predicted octanol–water partition coefficient (Wildman–Crippen LogP) is 5.16. The van der Waals surface area contributed by atoms with Crippen molar-refractivity contribution >= 4 is 23.0 Å². The fraction of sp³-hybridized carbons (Fsp3) is 0.273. The molecule has 4 rings (SSSR count). The van der Waals surface area contributed by atoms with Gasteiger partial charge in [0.05, 0.1) is 0 Å². The van der Waals surface area contributed by atoms with Crippen LogP contribution in [0.4, 0.5) is 11.4 Å². The van der Waals surface area contributed by atoms with Crippen LogP contribution >= 0.6 is 0 Å². The molecule has 0 saturated heterocycles. The SMILES string of the molecule is Cc1ccc2c(c1)C=C(C1=CCN(C)CC1)c1cc(C)ccc1N2. The fourth-order valence-electron chi connectivity index (χ4n) is 3.56. The Morgan fingerprint density at radius 1 is 0.958 bits per heavy atom. The number of allylic oxidation sites excluding steroid dienone is 1. The van der Waals surface area contributed by atoms with Crippen LogP contribution in [0.5, 0.6) is 0 Å². The standard InChI is InChI=1S/C22H24N2/c1-15-4-6-21-18(12-15)14-19(17-8-10-24(3)11-9-17)20-13-16(2)5-7-22(20)23-21/h4-8,12-14,23H,9-11H2,1-3H3. The summed E-state index contributed by atoms with van der Waals surface area (Å²) in [6, 6.07) is 13.3. The zero-order valence-corrected chi connectivity index (χ0v) is 14.7. The second-order valence-corrected chi connectivity index (χ2v) is 7.06. The highest BCUT2D eigenvalue weighted by atomic mass is 15.1. The molecule has 2 aromatic rings. The van der Waals surface area contributed by atoms with Crippen molar-refractivity contribution in [3.63, 3.8) is 0 Å². The number of likely N-dealkylation sites (N-methyl/N-ethyl adjacent to an activating group) is 1. The van der Waals surface area contributed by atoms with E-state index >= 15 is 0 Å². The third kappa shape index (κ3) is 2.78. The van der Waals surface area contributed by atoms with Gasteiger partial charge in [0.25, 0.3) is 0 Å². The molecule has 2 aliphatic heterocycles. The van der Waals surface area contributed by atoms with Crippen LogP contribution in [0.3, 0.4) is 0 Å². The van der Waals surface area contributed by atoms with Crippen LogP contribution < -0.4 is 5.32 Å². The highest BCUT2D eigenvalue weighted by molar-refractivity contribution is 6.00. The van der Waals surface area contributed by atoms with Crippen LogP contribution in [0.15, 0.2) is 48.0 Å². The Balaban J connectivity index is 1.92. The normalized spacial score (nSPS) is 17.1. The molecule has 0 bridgehead atoms. The molecule has 0 aromatic heterocycles. The number of nitrogens with one attached hydrogen (secondary N) is 1. The molecule has 0 atom stereocenters. The number of fused-ring (bicyclic) bond motifs is 2. The summed E-state index contributed by atoms with van der Waals surface area (Å²) in [5.41, 5.74) is 10.4. The minimum atomic E-state index is 1.03. The van der Waals surface area contributed by atoms with E-state index < -0.39 is 0 Å². The summed E-state index contributed by atoms with van der Waals surface area (Å²) in [6.45, 7) is 6.48. The van der Waals surface area contributed by atoms with Gasteiger partial charge < -0.3 is 10.2 Å². The molecule has 0 fully saturated rings. The van der Waals surface area contributed by atoms with Crippen LogP contribution in [0.2, 0.25) is 0 Å². The van der Waals surface area contributed by atoms with Crippen LogP contribution in [-0.4, -0.2) is 25.0 Å². The maximum atomic E-state index is 3.65. The average Bonchev–Trinajstić information content (AvgIpc) is 2.72. The van der Waals surface area contributed by atoms with Crippen molar-refractivity contribution in [3.05, 3.63) is 70.3 Å². The van der Waals surface area contributed by atoms with Crippen LogP contribution in [0.25, 0.3) is 11.6 Å². The van der Waals surface area contributed by atoms with Gasteiger partial charge in [0, 0.05) is 30.0 Å². The molecule has 0 unspecified atom stereocenters. The molecular weight excluding hydrogens is 292 g/mol. The summed E-state index contributed by atoms with van der Waals surface area (Å²) in [5.74, 6) is 0. The van der Waals surface area contributed by atoms with E-state index in [4.69, 9.17) is 0 Å². The molecular formula is C22H24N2. The van der Waals surface area contributed by atoms with Crippen molar-refractivity contribution in [1.29, 1.82) is 0 Å². The Kier molecular flexibility index (Phi) is 3.78. The first-order valence-electron chi connectivity index (χ1n) is 8.68. The van der Waals surface area contributed by atoms with E-state index in [0.717, 1.165) is 19.5 Å². The molecule has 2 heteroatoms. The van der Waals surface area contributed by atoms with Gasteiger partial charge in [-0.2, -0.15) is 0 Å². The third-order valence-electron chi connectivity index (χ3n) is 5.00. The predicted molar refractivity (Wildman–Crippen MR) is 104 cm³/mol. The number of aryl methyl sites for hydroxylation is 2. The first-order chi connectivity index (χ1) is 11.6. The minimum absolute atomic E-state index is 1.03. The van der Waals surface area contributed by atoms with Crippen LogP contribution in [0, 0.1) is 13.8 Å². The summed E-state index contributed by atoms with van der Waals surface area (Å²) >= 11 is 0.